The summed E-state index contributed by atoms with van der Waals surface area (Å²) in [6.07, 6.45) is 1.03. The lowest BCUT2D eigenvalue weighted by Gasteiger charge is -2.35. The van der Waals surface area contributed by atoms with Crippen molar-refractivity contribution >= 4 is 34.6 Å². The van der Waals surface area contributed by atoms with Crippen molar-refractivity contribution < 1.29 is 4.74 Å². The van der Waals surface area contributed by atoms with E-state index in [-0.39, 0.29) is 0 Å². The molecular weight excluding hydrogens is 350 g/mol. The summed E-state index contributed by atoms with van der Waals surface area (Å²) in [5.41, 5.74) is 2.37. The second-order valence-electron chi connectivity index (χ2n) is 6.44. The molecule has 0 spiro atoms. The smallest absolute Gasteiger partial charge is 0.138 e. The van der Waals surface area contributed by atoms with Crippen LogP contribution in [0.2, 0.25) is 0 Å². The fourth-order valence-corrected chi connectivity index (χ4v) is 5.73. The maximum absolute atomic E-state index is 5.26. The van der Waals surface area contributed by atoms with Gasteiger partial charge in [-0.3, -0.25) is 0 Å². The number of ether oxygens (including phenoxy) is 1. The first kappa shape index (κ1) is 17.1. The molecule has 0 unspecified atom stereocenters. The highest BCUT2D eigenvalue weighted by Crippen LogP contribution is 2.44. The van der Waals surface area contributed by atoms with E-state index < -0.39 is 0 Å². The van der Waals surface area contributed by atoms with Crippen LogP contribution < -0.4 is 5.32 Å². The zero-order valence-corrected chi connectivity index (χ0v) is 16.3. The summed E-state index contributed by atoms with van der Waals surface area (Å²) in [7, 11) is 1.77. The summed E-state index contributed by atoms with van der Waals surface area (Å²) in [4.78, 5) is 10.1. The molecule has 1 atom stereocenters. The predicted molar refractivity (Wildman–Crippen MR) is 106 cm³/mol. The number of amidine groups is 1. The van der Waals surface area contributed by atoms with Crippen LogP contribution in [0.4, 0.5) is 5.69 Å². The molecule has 1 fully saturated rings. The molecule has 0 saturated carbocycles. The molecular formula is C19H23N3OS2. The van der Waals surface area contributed by atoms with Crippen LogP contribution in [-0.2, 0) is 4.74 Å². The molecule has 2 aromatic rings. The number of methoxy groups -OCH3 is 1. The molecule has 0 bridgehead atoms. The number of aliphatic imine (C=N–C) groups is 1. The van der Waals surface area contributed by atoms with Gasteiger partial charge in [-0.25, -0.2) is 4.99 Å². The van der Waals surface area contributed by atoms with Gasteiger partial charge >= 0.3 is 0 Å². The SMILES string of the molecule is COCC[C@H]1CN(C2=Nc3ccccc3Sc3sc(C)cc32)CCN1. The van der Waals surface area contributed by atoms with Crippen LogP contribution in [0.25, 0.3) is 0 Å². The molecule has 2 aliphatic heterocycles. The maximum Gasteiger partial charge on any atom is 0.138 e. The van der Waals surface area contributed by atoms with Crippen molar-refractivity contribution in [2.75, 3.05) is 33.4 Å². The molecule has 4 rings (SSSR count). The Balaban J connectivity index is 1.70. The van der Waals surface area contributed by atoms with Gasteiger partial charge in [0.15, 0.2) is 0 Å². The zero-order valence-electron chi connectivity index (χ0n) is 14.6. The maximum atomic E-state index is 5.26. The van der Waals surface area contributed by atoms with Gasteiger partial charge in [0.1, 0.15) is 5.84 Å². The van der Waals surface area contributed by atoms with Gasteiger partial charge in [-0.15, -0.1) is 11.3 Å². The highest BCUT2D eigenvalue weighted by molar-refractivity contribution is 8.01. The predicted octanol–water partition coefficient (Wildman–Crippen LogP) is 3.91. The second kappa shape index (κ2) is 7.50. The molecule has 1 aromatic carbocycles. The van der Waals surface area contributed by atoms with Crippen LogP contribution in [0.1, 0.15) is 16.9 Å². The Morgan fingerprint density at radius 3 is 3.12 bits per heavy atom. The normalized spacial score (nSPS) is 19.8. The van der Waals surface area contributed by atoms with Gasteiger partial charge in [0, 0.05) is 54.7 Å². The molecule has 0 radical (unpaired) electrons. The molecule has 6 heteroatoms. The number of nitrogens with zero attached hydrogens (tertiary/aromatic N) is 2. The van der Waals surface area contributed by atoms with Gasteiger partial charge in [0.25, 0.3) is 0 Å². The van der Waals surface area contributed by atoms with E-state index in [1.54, 1.807) is 7.11 Å². The first-order chi connectivity index (χ1) is 12.2. The third-order valence-electron chi connectivity index (χ3n) is 4.58. The zero-order chi connectivity index (χ0) is 17.2. The fraction of sp³-hybridized carbons (Fsp3) is 0.421. The third kappa shape index (κ3) is 3.62. The van der Waals surface area contributed by atoms with E-state index in [1.807, 2.05) is 23.1 Å². The summed E-state index contributed by atoms with van der Waals surface area (Å²) < 4.78 is 6.62. The van der Waals surface area contributed by atoms with E-state index in [2.05, 4.69) is 47.5 Å². The van der Waals surface area contributed by atoms with Crippen LogP contribution in [0.15, 0.2) is 44.4 Å². The number of rotatable bonds is 3. The molecule has 4 nitrogen and oxygen atoms in total. The first-order valence-electron chi connectivity index (χ1n) is 8.68. The van der Waals surface area contributed by atoms with Crippen LogP contribution in [0.3, 0.4) is 0 Å². The Labute approximate surface area is 157 Å². The Kier molecular flexibility index (Phi) is 5.12. The van der Waals surface area contributed by atoms with E-state index >= 15 is 0 Å². The number of piperazine rings is 1. The summed E-state index contributed by atoms with van der Waals surface area (Å²) >= 11 is 3.72. The standard InChI is InChI=1S/C19H23N3OS2/c1-13-11-15-18(22-9-8-20-14(12-22)7-10-23-2)21-16-5-3-4-6-17(16)25-19(15)24-13/h3-6,11,14,20H,7-10,12H2,1-2H3/t14-/m0/s1. The molecule has 3 heterocycles. The Hall–Kier alpha value is -1.34. The van der Waals surface area contributed by atoms with E-state index in [4.69, 9.17) is 9.73 Å². The molecule has 2 aliphatic rings. The number of fused-ring (bicyclic) bond motifs is 2. The minimum Gasteiger partial charge on any atom is -0.385 e. The number of nitrogens with one attached hydrogen (secondary N) is 1. The van der Waals surface area contributed by atoms with Crippen molar-refractivity contribution in [1.82, 2.24) is 10.2 Å². The van der Waals surface area contributed by atoms with Gasteiger partial charge in [0.05, 0.1) is 9.90 Å². The topological polar surface area (TPSA) is 36.9 Å². The molecule has 132 valence electrons. The van der Waals surface area contributed by atoms with E-state index in [0.29, 0.717) is 6.04 Å². The Morgan fingerprint density at radius 2 is 2.24 bits per heavy atom. The van der Waals surface area contributed by atoms with E-state index in [0.717, 1.165) is 44.2 Å². The quantitative estimate of drug-likeness (QED) is 0.885. The first-order valence-corrected chi connectivity index (χ1v) is 10.3. The van der Waals surface area contributed by atoms with Crippen molar-refractivity contribution in [2.45, 2.75) is 28.5 Å². The number of aryl methyl sites for hydroxylation is 1. The number of benzene rings is 1. The monoisotopic (exact) mass is 373 g/mol. The Bertz CT molecular complexity index is 787. The lowest BCUT2D eigenvalue weighted by atomic mass is 10.1. The van der Waals surface area contributed by atoms with Crippen LogP contribution in [0, 0.1) is 6.92 Å². The van der Waals surface area contributed by atoms with Gasteiger partial charge in [0.2, 0.25) is 0 Å². The minimum absolute atomic E-state index is 0.450. The lowest BCUT2D eigenvalue weighted by molar-refractivity contribution is 0.168. The van der Waals surface area contributed by atoms with Gasteiger partial charge in [-0.1, -0.05) is 23.9 Å². The summed E-state index contributed by atoms with van der Waals surface area (Å²) in [5, 5.41) is 3.61. The fourth-order valence-electron chi connectivity index (χ4n) is 3.35. The van der Waals surface area contributed by atoms with Crippen molar-refractivity contribution in [2.24, 2.45) is 4.99 Å². The summed E-state index contributed by atoms with van der Waals surface area (Å²) in [6, 6.07) is 11.2. The lowest BCUT2D eigenvalue weighted by Crippen LogP contribution is -2.53. The van der Waals surface area contributed by atoms with Crippen LogP contribution in [-0.4, -0.2) is 50.1 Å². The second-order valence-corrected chi connectivity index (χ2v) is 9.01. The van der Waals surface area contributed by atoms with Crippen LogP contribution in [0.5, 0.6) is 0 Å². The number of thiophene rings is 1. The van der Waals surface area contributed by atoms with Crippen molar-refractivity contribution in [3.8, 4) is 0 Å². The molecule has 25 heavy (non-hydrogen) atoms. The highest BCUT2D eigenvalue weighted by atomic mass is 32.2. The van der Waals surface area contributed by atoms with Crippen LogP contribution >= 0.6 is 23.1 Å². The van der Waals surface area contributed by atoms with E-state index in [9.17, 15) is 0 Å². The molecule has 0 amide bonds. The highest BCUT2D eigenvalue weighted by Gasteiger charge is 2.27. The van der Waals surface area contributed by atoms with Crippen molar-refractivity contribution in [1.29, 1.82) is 0 Å². The largest absolute Gasteiger partial charge is 0.385 e. The third-order valence-corrected chi connectivity index (χ3v) is 6.90. The van der Waals surface area contributed by atoms with Gasteiger partial charge in [-0.2, -0.15) is 0 Å². The molecule has 0 aliphatic carbocycles. The average molecular weight is 374 g/mol. The van der Waals surface area contributed by atoms with Crippen molar-refractivity contribution in [3.63, 3.8) is 0 Å². The number of hydrogen-bond donors (Lipinski definition) is 1. The van der Waals surface area contributed by atoms with Gasteiger partial charge < -0.3 is 15.0 Å². The molecule has 1 aromatic heterocycles. The van der Waals surface area contributed by atoms with Gasteiger partial charge in [-0.05, 0) is 31.5 Å². The Morgan fingerprint density at radius 1 is 1.36 bits per heavy atom. The summed E-state index contributed by atoms with van der Waals surface area (Å²) in [6.45, 7) is 5.93. The van der Waals surface area contributed by atoms with E-state index in [1.165, 1.54) is 19.5 Å². The molecule has 1 N–H and O–H groups in total. The molecule has 1 saturated heterocycles. The number of hydrogen-bond acceptors (Lipinski definition) is 6. The van der Waals surface area contributed by atoms with Crippen molar-refractivity contribution in [3.05, 3.63) is 40.8 Å². The summed E-state index contributed by atoms with van der Waals surface area (Å²) in [5.74, 6) is 1.13. The average Bonchev–Trinajstić information content (AvgIpc) is 2.91. The minimum atomic E-state index is 0.450. The number of para-hydroxylation sites is 1.